The number of nitrogens with one attached hydrogen (secondary N) is 1. The Balaban J connectivity index is 1.85. The number of nitrogens with zero attached hydrogens (tertiary/aromatic N) is 3. The Kier molecular flexibility index (Phi) is 4.04. The number of amides is 2. The van der Waals surface area contributed by atoms with Crippen molar-refractivity contribution in [2.75, 3.05) is 9.62 Å². The monoisotopic (exact) mass is 354 g/mol. The van der Waals surface area contributed by atoms with Crippen LogP contribution in [0.4, 0.5) is 11.5 Å². The second-order valence-corrected chi connectivity index (χ2v) is 6.65. The van der Waals surface area contributed by atoms with Crippen molar-refractivity contribution >= 4 is 33.3 Å². The highest BCUT2D eigenvalue weighted by Gasteiger charge is 2.32. The lowest BCUT2D eigenvalue weighted by Gasteiger charge is -2.14. The van der Waals surface area contributed by atoms with Crippen molar-refractivity contribution in [2.45, 2.75) is 4.90 Å². The van der Waals surface area contributed by atoms with Crippen LogP contribution < -0.4 is 9.62 Å². The van der Waals surface area contributed by atoms with E-state index in [2.05, 4.69) is 9.71 Å². The molecule has 0 radical (unpaired) electrons. The van der Waals surface area contributed by atoms with E-state index in [1.165, 1.54) is 36.5 Å². The van der Waals surface area contributed by atoms with Gasteiger partial charge >= 0.3 is 0 Å². The number of aromatic nitrogens is 1. The first kappa shape index (κ1) is 16.4. The molecule has 2 heterocycles. The SMILES string of the molecule is N#CC1=CC(=O)N(c2ccc(S(=O)(=O)Nc3ccccn3)cc2)C1=O. The number of benzene rings is 1. The largest absolute Gasteiger partial charge is 0.276 e. The van der Waals surface area contributed by atoms with Gasteiger partial charge in [-0.15, -0.1) is 0 Å². The van der Waals surface area contributed by atoms with Crippen LogP contribution in [0.15, 0.2) is 65.2 Å². The van der Waals surface area contributed by atoms with Gasteiger partial charge in [0.15, 0.2) is 0 Å². The summed E-state index contributed by atoms with van der Waals surface area (Å²) in [6.07, 6.45) is 2.39. The summed E-state index contributed by atoms with van der Waals surface area (Å²) in [4.78, 5) is 28.4. The molecule has 0 unspecified atom stereocenters. The van der Waals surface area contributed by atoms with Gasteiger partial charge in [0.05, 0.1) is 10.6 Å². The van der Waals surface area contributed by atoms with E-state index in [1.54, 1.807) is 18.2 Å². The fourth-order valence-electron chi connectivity index (χ4n) is 2.19. The van der Waals surface area contributed by atoms with Gasteiger partial charge in [0.1, 0.15) is 17.5 Å². The predicted octanol–water partition coefficient (Wildman–Crippen LogP) is 1.21. The zero-order valence-electron chi connectivity index (χ0n) is 12.6. The first-order valence-corrected chi connectivity index (χ1v) is 8.45. The summed E-state index contributed by atoms with van der Waals surface area (Å²) in [6, 6.07) is 11.6. The molecule has 3 rings (SSSR count). The number of carbonyl (C=O) groups excluding carboxylic acids is 2. The minimum absolute atomic E-state index is 0.0607. The van der Waals surface area contributed by atoms with E-state index < -0.39 is 21.8 Å². The van der Waals surface area contributed by atoms with Crippen LogP contribution in [0.5, 0.6) is 0 Å². The second-order valence-electron chi connectivity index (χ2n) is 4.96. The fourth-order valence-corrected chi connectivity index (χ4v) is 3.20. The molecule has 1 aromatic carbocycles. The molecule has 0 saturated carbocycles. The molecule has 1 aliphatic heterocycles. The maximum atomic E-state index is 12.3. The summed E-state index contributed by atoms with van der Waals surface area (Å²) in [7, 11) is -3.86. The number of carbonyl (C=O) groups is 2. The average Bonchev–Trinajstić information content (AvgIpc) is 2.89. The fraction of sp³-hybridized carbons (Fsp3) is 0. The van der Waals surface area contributed by atoms with Gasteiger partial charge in [-0.2, -0.15) is 5.26 Å². The Morgan fingerprint density at radius 2 is 1.80 bits per heavy atom. The molecule has 0 aliphatic carbocycles. The minimum Gasteiger partial charge on any atom is -0.269 e. The third-order valence-electron chi connectivity index (χ3n) is 3.35. The van der Waals surface area contributed by atoms with Crippen LogP contribution in [0, 0.1) is 11.3 Å². The number of imide groups is 1. The van der Waals surface area contributed by atoms with Crippen molar-refractivity contribution in [3.05, 3.63) is 60.3 Å². The summed E-state index contributed by atoms with van der Waals surface area (Å²) in [5.41, 5.74) is -0.0909. The van der Waals surface area contributed by atoms with Gasteiger partial charge in [0.25, 0.3) is 21.8 Å². The normalized spacial score (nSPS) is 14.2. The van der Waals surface area contributed by atoms with Gasteiger partial charge in [-0.3, -0.25) is 14.3 Å². The average molecular weight is 354 g/mol. The van der Waals surface area contributed by atoms with Crippen LogP contribution in [0.1, 0.15) is 0 Å². The Bertz CT molecular complexity index is 1020. The van der Waals surface area contributed by atoms with Crippen LogP contribution in [0.3, 0.4) is 0 Å². The zero-order valence-corrected chi connectivity index (χ0v) is 13.4. The van der Waals surface area contributed by atoms with Gasteiger partial charge < -0.3 is 0 Å². The quantitative estimate of drug-likeness (QED) is 0.824. The Hall–Kier alpha value is -3.51. The molecule has 0 spiro atoms. The molecule has 0 atom stereocenters. The molecule has 1 aliphatic rings. The lowest BCUT2D eigenvalue weighted by Crippen LogP contribution is -2.30. The maximum absolute atomic E-state index is 12.3. The lowest BCUT2D eigenvalue weighted by molar-refractivity contribution is -0.120. The number of hydrogen-bond donors (Lipinski definition) is 1. The maximum Gasteiger partial charge on any atom is 0.276 e. The molecule has 0 saturated heterocycles. The van der Waals surface area contributed by atoms with Crippen molar-refractivity contribution in [2.24, 2.45) is 0 Å². The summed E-state index contributed by atoms with van der Waals surface area (Å²) in [5, 5.41) is 8.80. The molecule has 124 valence electrons. The first-order chi connectivity index (χ1) is 11.9. The molecule has 0 fully saturated rings. The topological polar surface area (TPSA) is 120 Å². The summed E-state index contributed by atoms with van der Waals surface area (Å²) in [6.45, 7) is 0. The molecule has 1 N–H and O–H groups in total. The lowest BCUT2D eigenvalue weighted by atomic mass is 10.2. The number of anilines is 2. The van der Waals surface area contributed by atoms with Crippen LogP contribution in [-0.2, 0) is 19.6 Å². The molecule has 2 amide bonds. The van der Waals surface area contributed by atoms with Gasteiger partial charge in [-0.25, -0.2) is 18.3 Å². The number of sulfonamides is 1. The summed E-state index contributed by atoms with van der Waals surface area (Å²) in [5.74, 6) is -1.22. The van der Waals surface area contributed by atoms with E-state index >= 15 is 0 Å². The summed E-state index contributed by atoms with van der Waals surface area (Å²) >= 11 is 0. The smallest absolute Gasteiger partial charge is 0.269 e. The summed E-state index contributed by atoms with van der Waals surface area (Å²) < 4.78 is 26.9. The second kappa shape index (κ2) is 6.18. The Labute approximate surface area is 143 Å². The Morgan fingerprint density at radius 1 is 1.08 bits per heavy atom. The van der Waals surface area contributed by atoms with Crippen molar-refractivity contribution < 1.29 is 18.0 Å². The van der Waals surface area contributed by atoms with Crippen molar-refractivity contribution in [3.8, 4) is 6.07 Å². The van der Waals surface area contributed by atoms with E-state index in [-0.39, 0.29) is 22.0 Å². The predicted molar refractivity (Wildman–Crippen MR) is 87.7 cm³/mol. The molecule has 2 aromatic rings. The Morgan fingerprint density at radius 3 is 2.36 bits per heavy atom. The van der Waals surface area contributed by atoms with Gasteiger partial charge in [-0.05, 0) is 36.4 Å². The third-order valence-corrected chi connectivity index (χ3v) is 4.72. The van der Waals surface area contributed by atoms with Crippen molar-refractivity contribution in [1.29, 1.82) is 5.26 Å². The zero-order chi connectivity index (χ0) is 18.0. The molecular weight excluding hydrogens is 344 g/mol. The van der Waals surface area contributed by atoms with E-state index in [1.807, 2.05) is 0 Å². The van der Waals surface area contributed by atoms with Gasteiger partial charge in [0.2, 0.25) is 0 Å². The number of nitriles is 1. The highest BCUT2D eigenvalue weighted by Crippen LogP contribution is 2.24. The van der Waals surface area contributed by atoms with E-state index in [4.69, 9.17) is 5.26 Å². The molecule has 0 bridgehead atoms. The van der Waals surface area contributed by atoms with E-state index in [0.717, 1.165) is 11.0 Å². The highest BCUT2D eigenvalue weighted by molar-refractivity contribution is 7.92. The molecule has 8 nitrogen and oxygen atoms in total. The number of pyridine rings is 1. The minimum atomic E-state index is -3.86. The highest BCUT2D eigenvalue weighted by atomic mass is 32.2. The van der Waals surface area contributed by atoms with E-state index in [9.17, 15) is 18.0 Å². The van der Waals surface area contributed by atoms with Crippen LogP contribution in [0.25, 0.3) is 0 Å². The van der Waals surface area contributed by atoms with Crippen LogP contribution in [-0.4, -0.2) is 25.2 Å². The van der Waals surface area contributed by atoms with Crippen LogP contribution in [0.2, 0.25) is 0 Å². The van der Waals surface area contributed by atoms with Crippen molar-refractivity contribution in [3.63, 3.8) is 0 Å². The van der Waals surface area contributed by atoms with Crippen molar-refractivity contribution in [1.82, 2.24) is 4.98 Å². The molecule has 25 heavy (non-hydrogen) atoms. The van der Waals surface area contributed by atoms with Gasteiger partial charge in [-0.1, -0.05) is 6.07 Å². The number of rotatable bonds is 4. The molecule has 1 aromatic heterocycles. The van der Waals surface area contributed by atoms with E-state index in [0.29, 0.717) is 0 Å². The third kappa shape index (κ3) is 3.11. The molecular formula is C16H10N4O4S. The molecule has 9 heteroatoms. The first-order valence-electron chi connectivity index (χ1n) is 6.96. The standard InChI is InChI=1S/C16H10N4O4S/c17-10-11-9-15(21)20(16(11)22)12-4-6-13(7-5-12)25(23,24)19-14-3-1-2-8-18-14/h1-9H,(H,18,19). The van der Waals surface area contributed by atoms with Crippen LogP contribution >= 0.6 is 0 Å². The number of hydrogen-bond acceptors (Lipinski definition) is 6. The van der Waals surface area contributed by atoms with Gasteiger partial charge in [0, 0.05) is 12.3 Å².